The van der Waals surface area contributed by atoms with Crippen LogP contribution in [-0.4, -0.2) is 4.57 Å². The van der Waals surface area contributed by atoms with Crippen LogP contribution in [0.1, 0.15) is 61.9 Å². The molecule has 3 aliphatic carbocycles. The first-order valence-corrected chi connectivity index (χ1v) is 25.4. The summed E-state index contributed by atoms with van der Waals surface area (Å²) in [5, 5.41) is 1.20. The van der Waals surface area contributed by atoms with Gasteiger partial charge in [-0.05, 0) is 181 Å². The highest BCUT2D eigenvalue weighted by molar-refractivity contribution is 5.98. The summed E-state index contributed by atoms with van der Waals surface area (Å²) in [6, 6.07) is 75.3. The van der Waals surface area contributed by atoms with E-state index >= 15 is 0 Å². The number of allylic oxidation sites excluding steroid dienone is 9. The predicted molar refractivity (Wildman–Crippen MR) is 307 cm³/mol. The third kappa shape index (κ3) is 7.79. The Kier molecular flexibility index (Phi) is 11.7. The summed E-state index contributed by atoms with van der Waals surface area (Å²) in [4.78, 5) is 4.88. The number of nitrogens with zero attached hydrogens (tertiary/aromatic N) is 3. The Hall–Kier alpha value is -8.66. The normalized spacial score (nSPS) is 16.1. The Balaban J connectivity index is 1.01. The van der Waals surface area contributed by atoms with Crippen LogP contribution in [0.15, 0.2) is 260 Å². The van der Waals surface area contributed by atoms with E-state index in [0.29, 0.717) is 0 Å². The maximum absolute atomic E-state index is 4.27. The van der Waals surface area contributed by atoms with Crippen LogP contribution in [0, 0.1) is 0 Å². The fraction of sp³-hybridized carbons (Fsp3) is 0.101. The standard InChI is InChI=1S/C69H57N3/c1-4-22-67-61(5-2)63-42-37-52(46-68(63)72(67)56-31-19-10-20-32-56)51-38-44-65-64(45-51)62-43-41-60(48-66(62)69(65,3)53-25-13-7-14-26-53)71(57-39-35-50(36-40-57)49-23-11-6-12-24-49)59-34-21-33-58(47-59)70(54-27-15-8-16-28-54)55-29-17-9-18-30-55/h4-6,8-13,15-40,42,44-48H,2,7,14,41,43H2,1,3H3/b22-4-. The van der Waals surface area contributed by atoms with Crippen LogP contribution in [0.3, 0.4) is 0 Å². The zero-order chi connectivity index (χ0) is 48.6. The smallest absolute Gasteiger partial charge is 0.0547 e. The highest BCUT2D eigenvalue weighted by atomic mass is 15.2. The van der Waals surface area contributed by atoms with Gasteiger partial charge in [-0.25, -0.2) is 0 Å². The molecule has 12 rings (SSSR count). The molecular weight excluding hydrogens is 871 g/mol. The Labute approximate surface area is 424 Å². The summed E-state index contributed by atoms with van der Waals surface area (Å²) in [5.74, 6) is 0. The van der Waals surface area contributed by atoms with Crippen molar-refractivity contribution >= 4 is 57.1 Å². The Bertz CT molecular complexity index is 3610. The molecule has 72 heavy (non-hydrogen) atoms. The zero-order valence-electron chi connectivity index (χ0n) is 41.0. The quantitative estimate of drug-likeness (QED) is 0.121. The van der Waals surface area contributed by atoms with Crippen LogP contribution in [0.5, 0.6) is 0 Å². The fourth-order valence-corrected chi connectivity index (χ4v) is 11.7. The number of para-hydroxylation sites is 3. The van der Waals surface area contributed by atoms with Crippen molar-refractivity contribution in [2.45, 2.75) is 44.9 Å². The van der Waals surface area contributed by atoms with E-state index in [2.05, 4.69) is 278 Å². The predicted octanol–water partition coefficient (Wildman–Crippen LogP) is 18.9. The van der Waals surface area contributed by atoms with Crippen LogP contribution >= 0.6 is 0 Å². The molecule has 0 spiro atoms. The molecule has 9 aromatic rings. The van der Waals surface area contributed by atoms with Crippen molar-refractivity contribution in [3.8, 4) is 27.9 Å². The van der Waals surface area contributed by atoms with Gasteiger partial charge in [0.1, 0.15) is 0 Å². The summed E-state index contributed by atoms with van der Waals surface area (Å²) in [6.07, 6.45) is 20.1. The molecular formula is C69H57N3. The van der Waals surface area contributed by atoms with Crippen LogP contribution in [0.2, 0.25) is 0 Å². The van der Waals surface area contributed by atoms with Gasteiger partial charge in [-0.2, -0.15) is 0 Å². The number of hydrogen-bond acceptors (Lipinski definition) is 2. The Morgan fingerprint density at radius 3 is 1.82 bits per heavy atom. The molecule has 1 aromatic heterocycles. The lowest BCUT2D eigenvalue weighted by atomic mass is 9.70. The molecule has 3 aliphatic rings. The number of hydrogen-bond donors (Lipinski definition) is 0. The molecule has 8 aromatic carbocycles. The van der Waals surface area contributed by atoms with Gasteiger partial charge in [0.25, 0.3) is 0 Å². The molecule has 0 aliphatic heterocycles. The van der Waals surface area contributed by atoms with Crippen molar-refractivity contribution in [3.63, 3.8) is 0 Å². The van der Waals surface area contributed by atoms with Gasteiger partial charge < -0.3 is 14.4 Å². The summed E-state index contributed by atoms with van der Waals surface area (Å²) in [7, 11) is 0. The van der Waals surface area contributed by atoms with Crippen molar-refractivity contribution in [1.82, 2.24) is 4.57 Å². The molecule has 0 saturated heterocycles. The molecule has 3 nitrogen and oxygen atoms in total. The van der Waals surface area contributed by atoms with Gasteiger partial charge in [-0.3, -0.25) is 0 Å². The van der Waals surface area contributed by atoms with Crippen molar-refractivity contribution in [2.75, 3.05) is 9.80 Å². The van der Waals surface area contributed by atoms with Gasteiger partial charge in [-0.15, -0.1) is 0 Å². The van der Waals surface area contributed by atoms with Crippen molar-refractivity contribution < 1.29 is 0 Å². The lowest BCUT2D eigenvalue weighted by molar-refractivity contribution is 0.688. The van der Waals surface area contributed by atoms with Gasteiger partial charge in [0, 0.05) is 56.2 Å². The molecule has 0 amide bonds. The van der Waals surface area contributed by atoms with Crippen molar-refractivity contribution in [3.05, 3.63) is 282 Å². The molecule has 0 fully saturated rings. The molecule has 348 valence electrons. The fourth-order valence-electron chi connectivity index (χ4n) is 11.7. The van der Waals surface area contributed by atoms with E-state index in [1.165, 1.54) is 66.7 Å². The molecule has 1 atom stereocenters. The largest absolute Gasteiger partial charge is 0.314 e. The van der Waals surface area contributed by atoms with Crippen molar-refractivity contribution in [2.24, 2.45) is 0 Å². The maximum atomic E-state index is 4.27. The third-order valence-electron chi connectivity index (χ3n) is 15.1. The monoisotopic (exact) mass is 927 g/mol. The van der Waals surface area contributed by atoms with Gasteiger partial charge >= 0.3 is 0 Å². The lowest BCUT2D eigenvalue weighted by Gasteiger charge is -2.36. The van der Waals surface area contributed by atoms with Gasteiger partial charge in [0.05, 0.1) is 11.2 Å². The number of fused-ring (bicyclic) bond motifs is 3. The maximum Gasteiger partial charge on any atom is 0.0547 e. The molecule has 1 unspecified atom stereocenters. The first-order chi connectivity index (χ1) is 35.5. The second-order valence-electron chi connectivity index (χ2n) is 19.2. The highest BCUT2D eigenvalue weighted by Gasteiger charge is 2.44. The Morgan fingerprint density at radius 2 is 1.15 bits per heavy atom. The second-order valence-corrected chi connectivity index (χ2v) is 19.2. The lowest BCUT2D eigenvalue weighted by Crippen LogP contribution is -2.27. The van der Waals surface area contributed by atoms with Crippen LogP contribution in [0.4, 0.5) is 28.4 Å². The average Bonchev–Trinajstić information content (AvgIpc) is 3.90. The van der Waals surface area contributed by atoms with Gasteiger partial charge in [0.2, 0.25) is 0 Å². The van der Waals surface area contributed by atoms with Gasteiger partial charge in [0.15, 0.2) is 0 Å². The molecule has 3 heteroatoms. The minimum absolute atomic E-state index is 0.333. The minimum atomic E-state index is -0.333. The summed E-state index contributed by atoms with van der Waals surface area (Å²) in [5.41, 5.74) is 22.9. The van der Waals surface area contributed by atoms with E-state index in [9.17, 15) is 0 Å². The van der Waals surface area contributed by atoms with E-state index in [4.69, 9.17) is 0 Å². The molecule has 1 heterocycles. The summed E-state index contributed by atoms with van der Waals surface area (Å²) < 4.78 is 2.38. The first-order valence-electron chi connectivity index (χ1n) is 25.4. The number of anilines is 5. The number of benzene rings is 8. The Morgan fingerprint density at radius 1 is 0.556 bits per heavy atom. The number of rotatable bonds is 12. The highest BCUT2D eigenvalue weighted by Crippen LogP contribution is 2.57. The molecule has 0 bridgehead atoms. The van der Waals surface area contributed by atoms with Crippen molar-refractivity contribution in [1.29, 1.82) is 0 Å². The second kappa shape index (κ2) is 18.9. The first kappa shape index (κ1) is 44.5. The molecule has 0 radical (unpaired) electrons. The number of aromatic nitrogens is 1. The summed E-state index contributed by atoms with van der Waals surface area (Å²) in [6.45, 7) is 8.83. The molecule has 0 N–H and O–H groups in total. The van der Waals surface area contributed by atoms with Crippen LogP contribution < -0.4 is 9.80 Å². The summed E-state index contributed by atoms with van der Waals surface area (Å²) >= 11 is 0. The van der Waals surface area contributed by atoms with E-state index in [1.807, 2.05) is 6.08 Å². The average molecular weight is 928 g/mol. The zero-order valence-corrected chi connectivity index (χ0v) is 41.0. The topological polar surface area (TPSA) is 11.4 Å². The van der Waals surface area contributed by atoms with E-state index in [1.54, 1.807) is 0 Å². The SMILES string of the molecule is C=Cc1c(/C=C\C)n(-c2ccccc2)c2cc(-c3ccc4c(c3)C3=C(C=C(N(c5ccc(-c6ccccc6)cc5)c5cccc(N(c6ccccc6)c6ccccc6)c5)CC3)C4(C)C3=CCCC=C3)ccc12. The minimum Gasteiger partial charge on any atom is -0.314 e. The molecule has 0 saturated carbocycles. The third-order valence-corrected chi connectivity index (χ3v) is 15.1. The van der Waals surface area contributed by atoms with E-state index in [0.717, 1.165) is 71.1 Å². The van der Waals surface area contributed by atoms with Crippen LogP contribution in [0.25, 0.3) is 56.6 Å². The van der Waals surface area contributed by atoms with E-state index < -0.39 is 0 Å². The van der Waals surface area contributed by atoms with Gasteiger partial charge in [-0.1, -0.05) is 164 Å². The van der Waals surface area contributed by atoms with E-state index in [-0.39, 0.29) is 5.41 Å². The van der Waals surface area contributed by atoms with Crippen LogP contribution in [-0.2, 0) is 5.41 Å².